The van der Waals surface area contributed by atoms with Gasteiger partial charge in [-0.05, 0) is 13.0 Å². The van der Waals surface area contributed by atoms with E-state index in [1.54, 1.807) is 30.1 Å². The van der Waals surface area contributed by atoms with Gasteiger partial charge in [-0.15, -0.1) is 6.42 Å². The van der Waals surface area contributed by atoms with Crippen LogP contribution in [0.5, 0.6) is 0 Å². The molecule has 1 heterocycles. The van der Waals surface area contributed by atoms with E-state index in [2.05, 4.69) is 11.0 Å². The van der Waals surface area contributed by atoms with Crippen molar-refractivity contribution in [2.45, 2.75) is 19.1 Å². The lowest BCUT2D eigenvalue weighted by molar-refractivity contribution is 0.0979. The van der Waals surface area contributed by atoms with Crippen LogP contribution >= 0.6 is 0 Å². The van der Waals surface area contributed by atoms with Crippen LogP contribution < -0.4 is 0 Å². The summed E-state index contributed by atoms with van der Waals surface area (Å²) in [4.78, 5) is 0. The van der Waals surface area contributed by atoms with Gasteiger partial charge in [0.05, 0.1) is 6.54 Å². The van der Waals surface area contributed by atoms with Crippen LogP contribution in [0.25, 0.3) is 0 Å². The van der Waals surface area contributed by atoms with Gasteiger partial charge in [0.1, 0.15) is 5.60 Å². The van der Waals surface area contributed by atoms with Crippen LogP contribution in [0.1, 0.15) is 6.92 Å². The van der Waals surface area contributed by atoms with E-state index < -0.39 is 5.60 Å². The van der Waals surface area contributed by atoms with E-state index in [4.69, 9.17) is 6.42 Å². The van der Waals surface area contributed by atoms with E-state index in [9.17, 15) is 5.11 Å². The van der Waals surface area contributed by atoms with Gasteiger partial charge in [0.2, 0.25) is 0 Å². The van der Waals surface area contributed by atoms with Crippen LogP contribution in [-0.4, -0.2) is 20.5 Å². The zero-order valence-corrected chi connectivity index (χ0v) is 6.36. The quantitative estimate of drug-likeness (QED) is 0.614. The van der Waals surface area contributed by atoms with E-state index in [1.165, 1.54) is 0 Å². The molecule has 0 amide bonds. The predicted molar refractivity (Wildman–Crippen MR) is 41.7 cm³/mol. The van der Waals surface area contributed by atoms with Crippen molar-refractivity contribution in [3.63, 3.8) is 0 Å². The lowest BCUT2D eigenvalue weighted by Crippen LogP contribution is -2.28. The molecule has 0 aliphatic carbocycles. The van der Waals surface area contributed by atoms with Crippen molar-refractivity contribution in [2.24, 2.45) is 0 Å². The van der Waals surface area contributed by atoms with Gasteiger partial charge in [-0.3, -0.25) is 4.68 Å². The van der Waals surface area contributed by atoms with Crippen molar-refractivity contribution in [1.82, 2.24) is 9.78 Å². The average molecular weight is 150 g/mol. The van der Waals surface area contributed by atoms with Crippen molar-refractivity contribution in [3.05, 3.63) is 18.5 Å². The largest absolute Gasteiger partial charge is 0.376 e. The van der Waals surface area contributed by atoms with Gasteiger partial charge < -0.3 is 5.11 Å². The maximum Gasteiger partial charge on any atom is 0.141 e. The van der Waals surface area contributed by atoms with Crippen LogP contribution in [0, 0.1) is 12.3 Å². The first-order chi connectivity index (χ1) is 5.14. The fourth-order valence-corrected chi connectivity index (χ4v) is 0.755. The minimum absolute atomic E-state index is 0.330. The number of hydrogen-bond acceptors (Lipinski definition) is 2. The molecule has 0 aromatic carbocycles. The van der Waals surface area contributed by atoms with E-state index in [0.29, 0.717) is 6.54 Å². The Morgan fingerprint density at radius 3 is 3.00 bits per heavy atom. The smallest absolute Gasteiger partial charge is 0.141 e. The molecule has 3 heteroatoms. The number of aromatic nitrogens is 2. The molecule has 1 rings (SSSR count). The maximum absolute atomic E-state index is 9.40. The van der Waals surface area contributed by atoms with E-state index >= 15 is 0 Å². The Balaban J connectivity index is 2.65. The summed E-state index contributed by atoms with van der Waals surface area (Å²) in [7, 11) is 0. The summed E-state index contributed by atoms with van der Waals surface area (Å²) in [5, 5.41) is 13.3. The number of terminal acetylenes is 1. The Labute approximate surface area is 65.7 Å². The second-order valence-electron chi connectivity index (χ2n) is 2.62. The molecule has 1 aromatic rings. The molecule has 3 nitrogen and oxygen atoms in total. The molecule has 0 fully saturated rings. The Kier molecular flexibility index (Phi) is 1.97. The Hall–Kier alpha value is -1.27. The minimum atomic E-state index is -1.11. The summed E-state index contributed by atoms with van der Waals surface area (Å²) in [6.07, 6.45) is 8.48. The molecular weight excluding hydrogens is 140 g/mol. The third-order valence-electron chi connectivity index (χ3n) is 1.34. The van der Waals surface area contributed by atoms with Crippen molar-refractivity contribution in [2.75, 3.05) is 0 Å². The molecular formula is C8H10N2O. The third kappa shape index (κ3) is 2.10. The first-order valence-electron chi connectivity index (χ1n) is 3.32. The summed E-state index contributed by atoms with van der Waals surface area (Å²) < 4.78 is 1.60. The van der Waals surface area contributed by atoms with E-state index in [0.717, 1.165) is 0 Å². The monoisotopic (exact) mass is 150 g/mol. The lowest BCUT2D eigenvalue weighted by atomic mass is 10.1. The molecule has 0 bridgehead atoms. The van der Waals surface area contributed by atoms with Crippen LogP contribution in [0.2, 0.25) is 0 Å². The van der Waals surface area contributed by atoms with Gasteiger partial charge >= 0.3 is 0 Å². The zero-order valence-electron chi connectivity index (χ0n) is 6.36. The first-order valence-corrected chi connectivity index (χ1v) is 3.32. The topological polar surface area (TPSA) is 38.0 Å². The second kappa shape index (κ2) is 2.77. The van der Waals surface area contributed by atoms with Crippen molar-refractivity contribution < 1.29 is 5.11 Å². The summed E-state index contributed by atoms with van der Waals surface area (Å²) in [6, 6.07) is 1.78. The van der Waals surface area contributed by atoms with Gasteiger partial charge in [0, 0.05) is 12.4 Å². The predicted octanol–water partition coefficient (Wildman–Crippen LogP) is 0.267. The van der Waals surface area contributed by atoms with Gasteiger partial charge in [-0.25, -0.2) is 0 Å². The highest BCUT2D eigenvalue weighted by atomic mass is 16.3. The van der Waals surface area contributed by atoms with E-state index in [1.807, 2.05) is 0 Å². The standard InChI is InChI=1S/C8H10N2O/c1-3-8(2,11)7-10-6-4-5-9-10/h1,4-6,11H,7H2,2H3/t8-/m0/s1. The Bertz CT molecular complexity index is 256. The van der Waals surface area contributed by atoms with Gasteiger partial charge in [-0.2, -0.15) is 5.10 Å². The molecule has 0 radical (unpaired) electrons. The number of hydrogen-bond donors (Lipinski definition) is 1. The van der Waals surface area contributed by atoms with Crippen molar-refractivity contribution in [3.8, 4) is 12.3 Å². The Morgan fingerprint density at radius 2 is 2.55 bits per heavy atom. The number of rotatable bonds is 2. The van der Waals surface area contributed by atoms with Gasteiger partial charge in [0.15, 0.2) is 0 Å². The fourth-order valence-electron chi connectivity index (χ4n) is 0.755. The SMILES string of the molecule is C#C[C@](C)(O)Cn1cccn1. The molecule has 1 N–H and O–H groups in total. The lowest BCUT2D eigenvalue weighted by Gasteiger charge is -2.15. The van der Waals surface area contributed by atoms with Gasteiger partial charge in [-0.1, -0.05) is 5.92 Å². The third-order valence-corrected chi connectivity index (χ3v) is 1.34. The van der Waals surface area contributed by atoms with Crippen molar-refractivity contribution in [1.29, 1.82) is 0 Å². The van der Waals surface area contributed by atoms with Crippen LogP contribution in [0.15, 0.2) is 18.5 Å². The molecule has 0 saturated heterocycles. The highest BCUT2D eigenvalue weighted by Crippen LogP contribution is 2.03. The first kappa shape index (κ1) is 7.83. The molecule has 1 aromatic heterocycles. The number of aliphatic hydroxyl groups is 1. The second-order valence-corrected chi connectivity index (χ2v) is 2.62. The fraction of sp³-hybridized carbons (Fsp3) is 0.375. The molecule has 0 aliphatic rings. The highest BCUT2D eigenvalue weighted by molar-refractivity contribution is 5.04. The van der Waals surface area contributed by atoms with Crippen LogP contribution in [0.3, 0.4) is 0 Å². The maximum atomic E-state index is 9.40. The highest BCUT2D eigenvalue weighted by Gasteiger charge is 2.16. The summed E-state index contributed by atoms with van der Waals surface area (Å²) in [5.41, 5.74) is -1.11. The summed E-state index contributed by atoms with van der Waals surface area (Å²) in [6.45, 7) is 1.91. The molecule has 1 atom stereocenters. The molecule has 0 spiro atoms. The molecule has 58 valence electrons. The average Bonchev–Trinajstić information content (AvgIpc) is 2.39. The molecule has 0 saturated carbocycles. The van der Waals surface area contributed by atoms with Crippen molar-refractivity contribution >= 4 is 0 Å². The van der Waals surface area contributed by atoms with Crippen LogP contribution in [-0.2, 0) is 6.54 Å². The zero-order chi connectivity index (χ0) is 8.32. The normalized spacial score (nSPS) is 15.4. The Morgan fingerprint density at radius 1 is 1.82 bits per heavy atom. The number of nitrogens with zero attached hydrogens (tertiary/aromatic N) is 2. The molecule has 0 aliphatic heterocycles. The van der Waals surface area contributed by atoms with Gasteiger partial charge in [0.25, 0.3) is 0 Å². The summed E-state index contributed by atoms with van der Waals surface area (Å²) in [5.74, 6) is 2.27. The molecule has 0 unspecified atom stereocenters. The minimum Gasteiger partial charge on any atom is -0.376 e. The summed E-state index contributed by atoms with van der Waals surface area (Å²) >= 11 is 0. The van der Waals surface area contributed by atoms with E-state index in [-0.39, 0.29) is 0 Å². The molecule has 11 heavy (non-hydrogen) atoms. The van der Waals surface area contributed by atoms with Crippen LogP contribution in [0.4, 0.5) is 0 Å².